The van der Waals surface area contributed by atoms with Crippen molar-refractivity contribution in [3.05, 3.63) is 35.4 Å². The first kappa shape index (κ1) is 16.6. The Hall–Kier alpha value is -1.44. The highest BCUT2D eigenvalue weighted by Gasteiger charge is 2.25. The topological polar surface area (TPSA) is 104 Å². The summed E-state index contributed by atoms with van der Waals surface area (Å²) in [5, 5.41) is 20.7. The van der Waals surface area contributed by atoms with Crippen molar-refractivity contribution in [1.82, 2.24) is 5.32 Å². The molecule has 0 fully saturated rings. The fourth-order valence-corrected chi connectivity index (χ4v) is 2.33. The van der Waals surface area contributed by atoms with Gasteiger partial charge in [-0.15, -0.1) is 0 Å². The molecule has 20 heavy (non-hydrogen) atoms. The maximum atomic E-state index is 11.9. The normalized spacial score (nSPS) is 12.2. The number of rotatable bonds is 6. The van der Waals surface area contributed by atoms with Crippen molar-refractivity contribution >= 4 is 15.7 Å². The monoisotopic (exact) mass is 301 g/mol. The third-order valence-electron chi connectivity index (χ3n) is 2.76. The highest BCUT2D eigenvalue weighted by Crippen LogP contribution is 2.10. The largest absolute Gasteiger partial charge is 0.394 e. The molecule has 112 valence electrons. The lowest BCUT2D eigenvalue weighted by Crippen LogP contribution is -2.51. The zero-order valence-electron chi connectivity index (χ0n) is 11.5. The maximum Gasteiger partial charge on any atom is 0.251 e. The lowest BCUT2D eigenvalue weighted by molar-refractivity contribution is 0.0724. The minimum atomic E-state index is -3.11. The lowest BCUT2D eigenvalue weighted by Gasteiger charge is -2.26. The molecule has 1 aromatic rings. The number of amides is 1. The highest BCUT2D eigenvalue weighted by molar-refractivity contribution is 7.89. The van der Waals surface area contributed by atoms with Gasteiger partial charge in [0.2, 0.25) is 0 Å². The van der Waals surface area contributed by atoms with Gasteiger partial charge in [-0.3, -0.25) is 4.79 Å². The van der Waals surface area contributed by atoms with Gasteiger partial charge in [0.25, 0.3) is 5.91 Å². The molecule has 0 spiro atoms. The number of aliphatic hydroxyl groups excluding tert-OH is 2. The van der Waals surface area contributed by atoms with Crippen molar-refractivity contribution in [3.8, 4) is 0 Å². The molecule has 0 aromatic heterocycles. The van der Waals surface area contributed by atoms with E-state index in [0.29, 0.717) is 11.1 Å². The van der Waals surface area contributed by atoms with E-state index in [1.807, 2.05) is 0 Å². The zero-order valence-corrected chi connectivity index (χ0v) is 12.3. The molecule has 0 radical (unpaired) electrons. The van der Waals surface area contributed by atoms with Gasteiger partial charge >= 0.3 is 0 Å². The number of carbonyl (C=O) groups is 1. The van der Waals surface area contributed by atoms with Crippen LogP contribution in [0.5, 0.6) is 0 Å². The lowest BCUT2D eigenvalue weighted by atomic mass is 10.0. The molecular weight excluding hydrogens is 282 g/mol. The van der Waals surface area contributed by atoms with Crippen LogP contribution in [0.15, 0.2) is 24.3 Å². The minimum absolute atomic E-state index is 0.0834. The first-order valence-corrected chi connectivity index (χ1v) is 8.06. The number of nitrogens with one attached hydrogen (secondary N) is 1. The molecule has 0 aliphatic rings. The molecule has 0 atom stereocenters. The van der Waals surface area contributed by atoms with Crippen LogP contribution in [-0.4, -0.2) is 49.5 Å². The van der Waals surface area contributed by atoms with E-state index in [0.717, 1.165) is 6.26 Å². The minimum Gasteiger partial charge on any atom is -0.394 e. The Bertz CT molecular complexity index is 561. The molecule has 0 heterocycles. The molecule has 1 aromatic carbocycles. The smallest absolute Gasteiger partial charge is 0.251 e. The van der Waals surface area contributed by atoms with Gasteiger partial charge in [-0.1, -0.05) is 12.1 Å². The predicted molar refractivity (Wildman–Crippen MR) is 75.0 cm³/mol. The van der Waals surface area contributed by atoms with Crippen LogP contribution in [-0.2, 0) is 15.6 Å². The summed E-state index contributed by atoms with van der Waals surface area (Å²) in [7, 11) is -3.11. The highest BCUT2D eigenvalue weighted by atomic mass is 32.2. The van der Waals surface area contributed by atoms with Crippen molar-refractivity contribution in [2.24, 2.45) is 0 Å². The Balaban J connectivity index is 2.81. The molecule has 1 rings (SSSR count). The van der Waals surface area contributed by atoms with E-state index in [9.17, 15) is 13.2 Å². The van der Waals surface area contributed by atoms with Crippen LogP contribution in [0.1, 0.15) is 22.8 Å². The van der Waals surface area contributed by atoms with Crippen molar-refractivity contribution in [2.75, 3.05) is 19.5 Å². The van der Waals surface area contributed by atoms with Crippen LogP contribution >= 0.6 is 0 Å². The van der Waals surface area contributed by atoms with Crippen molar-refractivity contribution < 1.29 is 23.4 Å². The van der Waals surface area contributed by atoms with E-state index in [4.69, 9.17) is 10.2 Å². The summed E-state index contributed by atoms with van der Waals surface area (Å²) in [5.74, 6) is -0.526. The summed E-state index contributed by atoms with van der Waals surface area (Å²) >= 11 is 0. The van der Waals surface area contributed by atoms with Crippen LogP contribution in [0.2, 0.25) is 0 Å². The van der Waals surface area contributed by atoms with Gasteiger partial charge in [0.15, 0.2) is 9.84 Å². The number of hydrogen-bond acceptors (Lipinski definition) is 5. The van der Waals surface area contributed by atoms with E-state index in [1.54, 1.807) is 12.1 Å². The Morgan fingerprint density at radius 2 is 1.70 bits per heavy atom. The van der Waals surface area contributed by atoms with Crippen LogP contribution < -0.4 is 5.32 Å². The molecule has 7 heteroatoms. The average molecular weight is 301 g/mol. The van der Waals surface area contributed by atoms with Crippen LogP contribution in [0.4, 0.5) is 0 Å². The van der Waals surface area contributed by atoms with Gasteiger partial charge in [-0.2, -0.15) is 0 Å². The van der Waals surface area contributed by atoms with E-state index in [2.05, 4.69) is 5.32 Å². The van der Waals surface area contributed by atoms with Gasteiger partial charge in [0.05, 0.1) is 24.5 Å². The fraction of sp³-hybridized carbons (Fsp3) is 0.462. The molecule has 1 amide bonds. The number of aliphatic hydroxyl groups is 2. The number of carbonyl (C=O) groups excluding carboxylic acids is 1. The van der Waals surface area contributed by atoms with Gasteiger partial charge in [0.1, 0.15) is 0 Å². The SMILES string of the molecule is CC(CO)(CO)NC(=O)c1ccc(CS(C)(=O)=O)cc1. The Morgan fingerprint density at radius 3 is 2.10 bits per heavy atom. The first-order valence-electron chi connectivity index (χ1n) is 6.00. The first-order chi connectivity index (χ1) is 9.19. The molecule has 0 saturated carbocycles. The Labute approximate surface area is 118 Å². The molecule has 0 saturated heterocycles. The van der Waals surface area contributed by atoms with Gasteiger partial charge < -0.3 is 15.5 Å². The second-order valence-corrected chi connectivity index (χ2v) is 7.24. The van der Waals surface area contributed by atoms with Crippen molar-refractivity contribution in [3.63, 3.8) is 0 Å². The summed E-state index contributed by atoms with van der Waals surface area (Å²) in [6.45, 7) is 0.742. The Morgan fingerprint density at radius 1 is 1.20 bits per heavy atom. The molecule has 0 bridgehead atoms. The van der Waals surface area contributed by atoms with E-state index in [-0.39, 0.29) is 19.0 Å². The quantitative estimate of drug-likeness (QED) is 0.669. The molecule has 0 aliphatic carbocycles. The average Bonchev–Trinajstić information content (AvgIpc) is 2.37. The molecule has 0 aliphatic heterocycles. The summed E-state index contributed by atoms with van der Waals surface area (Å²) in [6, 6.07) is 6.13. The molecule has 0 unspecified atom stereocenters. The van der Waals surface area contributed by atoms with Crippen LogP contribution in [0.3, 0.4) is 0 Å². The van der Waals surface area contributed by atoms with Crippen molar-refractivity contribution in [1.29, 1.82) is 0 Å². The predicted octanol–water partition coefficient (Wildman–Crippen LogP) is -0.296. The second kappa shape index (κ2) is 6.34. The van der Waals surface area contributed by atoms with E-state index >= 15 is 0 Å². The Kier molecular flexibility index (Phi) is 5.27. The van der Waals surface area contributed by atoms with Gasteiger partial charge in [-0.25, -0.2) is 8.42 Å². The van der Waals surface area contributed by atoms with E-state index < -0.39 is 21.3 Å². The van der Waals surface area contributed by atoms with Crippen LogP contribution in [0, 0.1) is 0 Å². The number of sulfone groups is 1. The molecule has 6 nitrogen and oxygen atoms in total. The molecule has 3 N–H and O–H groups in total. The number of benzene rings is 1. The summed E-state index contributed by atoms with van der Waals surface area (Å²) in [5.41, 5.74) is -0.172. The second-order valence-electron chi connectivity index (χ2n) is 5.10. The summed E-state index contributed by atoms with van der Waals surface area (Å²) < 4.78 is 22.3. The summed E-state index contributed by atoms with van der Waals surface area (Å²) in [6.07, 6.45) is 1.14. The van der Waals surface area contributed by atoms with Crippen LogP contribution in [0.25, 0.3) is 0 Å². The molecular formula is C13H19NO5S. The van der Waals surface area contributed by atoms with Gasteiger partial charge in [-0.05, 0) is 24.6 Å². The standard InChI is InChI=1S/C13H19NO5S/c1-13(8-15,9-16)14-12(17)11-5-3-10(4-6-11)7-20(2,18)19/h3-6,15-16H,7-9H2,1-2H3,(H,14,17). The third kappa shape index (κ3) is 4.92. The van der Waals surface area contributed by atoms with Gasteiger partial charge in [0, 0.05) is 11.8 Å². The zero-order chi connectivity index (χ0) is 15.4. The summed E-state index contributed by atoms with van der Waals surface area (Å²) in [4.78, 5) is 11.9. The van der Waals surface area contributed by atoms with Crippen molar-refractivity contribution in [2.45, 2.75) is 18.2 Å². The van der Waals surface area contributed by atoms with E-state index in [1.165, 1.54) is 19.1 Å². The fourth-order valence-electron chi connectivity index (χ4n) is 1.53. The number of hydrogen-bond donors (Lipinski definition) is 3. The maximum absolute atomic E-state index is 11.9. The third-order valence-corrected chi connectivity index (χ3v) is 3.62.